The summed E-state index contributed by atoms with van der Waals surface area (Å²) in [6, 6.07) is 6.90. The Hall–Kier alpha value is -3.15. The number of rotatable bonds is 7. The van der Waals surface area contributed by atoms with Crippen LogP contribution in [-0.2, 0) is 10.0 Å². The minimum absolute atomic E-state index is 0.0720. The van der Waals surface area contributed by atoms with Crippen LogP contribution in [0.2, 0.25) is 0 Å². The van der Waals surface area contributed by atoms with Crippen molar-refractivity contribution in [1.82, 2.24) is 19.1 Å². The lowest BCUT2D eigenvalue weighted by Crippen LogP contribution is -2.25. The van der Waals surface area contributed by atoms with E-state index in [-0.39, 0.29) is 10.9 Å². The summed E-state index contributed by atoms with van der Waals surface area (Å²) in [6.45, 7) is 8.63. The molecule has 1 aromatic carbocycles. The summed E-state index contributed by atoms with van der Waals surface area (Å²) in [5.41, 5.74) is 2.95. The van der Waals surface area contributed by atoms with Crippen LogP contribution in [0, 0.1) is 17.8 Å². The highest BCUT2D eigenvalue weighted by atomic mass is 32.2. The van der Waals surface area contributed by atoms with Crippen molar-refractivity contribution in [3.05, 3.63) is 55.0 Å². The number of imidazole rings is 1. The van der Waals surface area contributed by atoms with Crippen LogP contribution in [0.25, 0.3) is 16.9 Å². The Balaban J connectivity index is 1.73. The molecular formula is C23H25N5O2S. The van der Waals surface area contributed by atoms with Gasteiger partial charge in [0, 0.05) is 24.3 Å². The molecule has 0 bridgehead atoms. The van der Waals surface area contributed by atoms with Gasteiger partial charge in [-0.05, 0) is 42.9 Å². The fraction of sp³-hybridized carbons (Fsp3) is 0.304. The van der Waals surface area contributed by atoms with Crippen molar-refractivity contribution in [2.75, 3.05) is 11.9 Å². The molecule has 160 valence electrons. The zero-order chi connectivity index (χ0) is 22.0. The summed E-state index contributed by atoms with van der Waals surface area (Å²) in [5, 5.41) is 3.35. The topological polar surface area (TPSA) is 88.4 Å². The first kappa shape index (κ1) is 21.1. The lowest BCUT2D eigenvalue weighted by Gasteiger charge is -2.11. The van der Waals surface area contributed by atoms with Crippen molar-refractivity contribution in [2.45, 2.75) is 37.6 Å². The van der Waals surface area contributed by atoms with Gasteiger partial charge in [0.2, 0.25) is 10.0 Å². The molecule has 0 radical (unpaired) electrons. The third kappa shape index (κ3) is 4.79. The van der Waals surface area contributed by atoms with Crippen molar-refractivity contribution in [3.63, 3.8) is 0 Å². The van der Waals surface area contributed by atoms with Gasteiger partial charge < -0.3 is 5.32 Å². The number of nitrogens with one attached hydrogen (secondary N) is 2. The molecule has 8 heteroatoms. The number of hydrogen-bond donors (Lipinski definition) is 2. The van der Waals surface area contributed by atoms with Crippen LogP contribution in [0.5, 0.6) is 0 Å². The van der Waals surface area contributed by atoms with Crippen LogP contribution >= 0.6 is 0 Å². The molecule has 0 aliphatic heterocycles. The van der Waals surface area contributed by atoms with Gasteiger partial charge in [0.1, 0.15) is 5.69 Å². The fourth-order valence-corrected chi connectivity index (χ4v) is 4.41. The van der Waals surface area contributed by atoms with Crippen molar-refractivity contribution < 1.29 is 8.42 Å². The summed E-state index contributed by atoms with van der Waals surface area (Å²) in [6.07, 6.45) is 6.91. The quantitative estimate of drug-likeness (QED) is 0.555. The van der Waals surface area contributed by atoms with E-state index in [4.69, 9.17) is 0 Å². The van der Waals surface area contributed by atoms with Crippen molar-refractivity contribution in [1.29, 1.82) is 0 Å². The lowest BCUT2D eigenvalue weighted by atomic mass is 10.2. The second-order valence-corrected chi connectivity index (χ2v) is 9.69. The zero-order valence-electron chi connectivity index (χ0n) is 17.6. The van der Waals surface area contributed by atoms with E-state index in [1.807, 2.05) is 10.6 Å². The van der Waals surface area contributed by atoms with Gasteiger partial charge in [0.15, 0.2) is 11.5 Å². The number of nitrogens with zero attached hydrogens (tertiary/aromatic N) is 3. The summed E-state index contributed by atoms with van der Waals surface area (Å²) in [4.78, 5) is 9.41. The molecule has 1 saturated carbocycles. The molecule has 2 heterocycles. The molecule has 7 nitrogen and oxygen atoms in total. The van der Waals surface area contributed by atoms with E-state index in [0.29, 0.717) is 23.1 Å². The second kappa shape index (κ2) is 8.53. The van der Waals surface area contributed by atoms with Gasteiger partial charge >= 0.3 is 0 Å². The average Bonchev–Trinajstić information content (AvgIpc) is 3.44. The van der Waals surface area contributed by atoms with Crippen molar-refractivity contribution in [2.24, 2.45) is 5.92 Å². The third-order valence-electron chi connectivity index (χ3n) is 4.83. The molecule has 0 atom stereocenters. The van der Waals surface area contributed by atoms with Gasteiger partial charge in [-0.1, -0.05) is 38.5 Å². The van der Waals surface area contributed by atoms with Gasteiger partial charge in [-0.2, -0.15) is 0 Å². The van der Waals surface area contributed by atoms with Crippen molar-refractivity contribution in [3.8, 4) is 23.1 Å². The minimum Gasteiger partial charge on any atom is -0.367 e. The number of aromatic nitrogens is 3. The summed E-state index contributed by atoms with van der Waals surface area (Å²) in [5.74, 6) is 6.91. The second-order valence-electron chi connectivity index (χ2n) is 7.98. The maximum Gasteiger partial charge on any atom is 0.240 e. The predicted octanol–water partition coefficient (Wildman–Crippen LogP) is 3.44. The summed E-state index contributed by atoms with van der Waals surface area (Å²) < 4.78 is 29.5. The van der Waals surface area contributed by atoms with Gasteiger partial charge in [-0.3, -0.25) is 4.40 Å². The molecule has 0 spiro atoms. The number of anilines is 1. The minimum atomic E-state index is -3.48. The van der Waals surface area contributed by atoms with Crippen LogP contribution in [0.15, 0.2) is 54.2 Å². The normalized spacial score (nSPS) is 13.8. The SMILES string of the molecule is C=CC#Cc1cn2c(-c3ccc(S(=O)(=O)NC4CC4)cc3)cnc2c(NCC(C)C)n1. The largest absolute Gasteiger partial charge is 0.367 e. The van der Waals surface area contributed by atoms with Crippen LogP contribution < -0.4 is 10.0 Å². The van der Waals surface area contributed by atoms with Gasteiger partial charge in [0.05, 0.1) is 16.8 Å². The molecule has 0 unspecified atom stereocenters. The Morgan fingerprint density at radius 2 is 2.03 bits per heavy atom. The summed E-state index contributed by atoms with van der Waals surface area (Å²) >= 11 is 0. The van der Waals surface area contributed by atoms with Crippen LogP contribution in [0.3, 0.4) is 0 Å². The van der Waals surface area contributed by atoms with Crippen molar-refractivity contribution >= 4 is 21.5 Å². The van der Waals surface area contributed by atoms with Crippen LogP contribution in [0.1, 0.15) is 32.4 Å². The van der Waals surface area contributed by atoms with Crippen LogP contribution in [0.4, 0.5) is 5.82 Å². The number of benzene rings is 1. The van der Waals surface area contributed by atoms with Gasteiger partial charge in [0.25, 0.3) is 0 Å². The zero-order valence-corrected chi connectivity index (χ0v) is 18.4. The molecular weight excluding hydrogens is 410 g/mol. The van der Waals surface area contributed by atoms with E-state index in [9.17, 15) is 8.42 Å². The van der Waals surface area contributed by atoms with Gasteiger partial charge in [-0.25, -0.2) is 23.1 Å². The first-order valence-corrected chi connectivity index (χ1v) is 11.7. The molecule has 4 rings (SSSR count). The highest BCUT2D eigenvalue weighted by Crippen LogP contribution is 2.27. The number of fused-ring (bicyclic) bond motifs is 1. The van der Waals surface area contributed by atoms with E-state index < -0.39 is 10.0 Å². The molecule has 1 aliphatic rings. The molecule has 1 fully saturated rings. The first-order valence-electron chi connectivity index (χ1n) is 10.2. The number of allylic oxidation sites excluding steroid dienone is 1. The first-order chi connectivity index (χ1) is 14.9. The molecule has 2 N–H and O–H groups in total. The van der Waals surface area contributed by atoms with Crippen LogP contribution in [-0.4, -0.2) is 35.4 Å². The molecule has 0 amide bonds. The van der Waals surface area contributed by atoms with E-state index in [0.717, 1.165) is 30.6 Å². The summed E-state index contributed by atoms with van der Waals surface area (Å²) in [7, 11) is -3.48. The maximum absolute atomic E-state index is 12.4. The monoisotopic (exact) mass is 435 g/mol. The highest BCUT2D eigenvalue weighted by molar-refractivity contribution is 7.89. The Kier molecular flexibility index (Phi) is 5.81. The Morgan fingerprint density at radius 3 is 2.68 bits per heavy atom. The molecule has 2 aromatic heterocycles. The Labute approximate surface area is 182 Å². The van der Waals surface area contributed by atoms with E-state index >= 15 is 0 Å². The Morgan fingerprint density at radius 1 is 1.29 bits per heavy atom. The molecule has 1 aliphatic carbocycles. The smallest absolute Gasteiger partial charge is 0.240 e. The molecule has 0 saturated heterocycles. The number of sulfonamides is 1. The molecule has 31 heavy (non-hydrogen) atoms. The fourth-order valence-electron chi connectivity index (χ4n) is 3.10. The maximum atomic E-state index is 12.4. The predicted molar refractivity (Wildman–Crippen MR) is 122 cm³/mol. The van der Waals surface area contributed by atoms with E-state index in [1.54, 1.807) is 30.5 Å². The lowest BCUT2D eigenvalue weighted by molar-refractivity contribution is 0.581. The van der Waals surface area contributed by atoms with E-state index in [2.05, 4.69) is 52.3 Å². The third-order valence-corrected chi connectivity index (χ3v) is 6.37. The standard InChI is InChI=1S/C23H25N5O2S/c1-4-5-6-19-15-28-21(14-25-23(28)22(26-19)24-13-16(2)3)17-7-11-20(12-8-17)31(29,30)27-18-9-10-18/h4,7-8,11-12,14-16,18,27H,1,9-10,13H2,2-3H3,(H,24,26). The van der Waals surface area contributed by atoms with Gasteiger partial charge in [-0.15, -0.1) is 0 Å². The Bertz CT molecular complexity index is 1280. The average molecular weight is 436 g/mol. The number of hydrogen-bond acceptors (Lipinski definition) is 5. The highest BCUT2D eigenvalue weighted by Gasteiger charge is 2.28. The molecule has 3 aromatic rings. The van der Waals surface area contributed by atoms with E-state index in [1.165, 1.54) is 6.08 Å².